The van der Waals surface area contributed by atoms with Crippen molar-refractivity contribution in [2.75, 3.05) is 49.9 Å². The Hall–Kier alpha value is -4.51. The maximum absolute atomic E-state index is 13.0. The van der Waals surface area contributed by atoms with Gasteiger partial charge in [-0.2, -0.15) is 0 Å². The predicted molar refractivity (Wildman–Crippen MR) is 225 cm³/mol. The van der Waals surface area contributed by atoms with E-state index in [1.54, 1.807) is 26.0 Å². The number of rotatable bonds is 11. The van der Waals surface area contributed by atoms with Crippen LogP contribution < -0.4 is 19.3 Å². The molecule has 2 aromatic carbocycles. The van der Waals surface area contributed by atoms with Gasteiger partial charge < -0.3 is 28.9 Å². The Kier molecular flexibility index (Phi) is 11.7. The minimum atomic E-state index is -0.527. The van der Waals surface area contributed by atoms with Crippen LogP contribution in [-0.2, 0) is 30.7 Å². The zero-order chi connectivity index (χ0) is 39.7. The lowest BCUT2D eigenvalue weighted by molar-refractivity contribution is 0.0218. The summed E-state index contributed by atoms with van der Waals surface area (Å²) in [6.45, 7) is 15.9. The third-order valence-corrected chi connectivity index (χ3v) is 12.0. The first-order chi connectivity index (χ1) is 26.8. The van der Waals surface area contributed by atoms with Crippen LogP contribution in [-0.4, -0.2) is 77.7 Å². The molecule has 2 aliphatic carbocycles. The highest BCUT2D eigenvalue weighted by atomic mass is 32.2. The molecule has 2 unspecified atom stereocenters. The van der Waals surface area contributed by atoms with Crippen molar-refractivity contribution in [1.82, 2.24) is 19.9 Å². The summed E-state index contributed by atoms with van der Waals surface area (Å²) in [7, 11) is 3.41. The SMILES string of the molecule is COc1ccc(CN(Cc2ccc(OC)cc2)c2cc(C)c(C3CC3)c(C3Cc4nc(SC)nc(N5CCN(C(=O)OC(C)(C)C)C[C@@H]5C)c4CC3C)n2)cc1. The fourth-order valence-electron chi connectivity index (χ4n) is 8.36. The third kappa shape index (κ3) is 8.88. The summed E-state index contributed by atoms with van der Waals surface area (Å²) in [5.41, 5.74) is 8.23. The van der Waals surface area contributed by atoms with E-state index in [1.165, 1.54) is 46.4 Å². The fourth-order valence-corrected chi connectivity index (χ4v) is 8.74. The first-order valence-corrected chi connectivity index (χ1v) is 21.3. The summed E-state index contributed by atoms with van der Waals surface area (Å²) >= 11 is 1.59. The number of hydrogen-bond acceptors (Lipinski definition) is 10. The Morgan fingerprint density at radius 3 is 2.05 bits per heavy atom. The lowest BCUT2D eigenvalue weighted by atomic mass is 9.75. The number of pyridine rings is 1. The number of anilines is 2. The van der Waals surface area contributed by atoms with Crippen molar-refractivity contribution in [3.8, 4) is 11.5 Å². The maximum atomic E-state index is 13.0. The highest BCUT2D eigenvalue weighted by molar-refractivity contribution is 7.98. The molecule has 3 heterocycles. The quantitative estimate of drug-likeness (QED) is 0.109. The van der Waals surface area contributed by atoms with Crippen molar-refractivity contribution in [3.05, 3.63) is 93.8 Å². The number of nitrogens with zero attached hydrogens (tertiary/aromatic N) is 6. The second-order valence-electron chi connectivity index (χ2n) is 16.8. The number of thioether (sulfide) groups is 1. The van der Waals surface area contributed by atoms with Crippen LogP contribution in [0.15, 0.2) is 59.8 Å². The summed E-state index contributed by atoms with van der Waals surface area (Å²) in [5.74, 6) is 4.82. The number of methoxy groups -OCH3 is 2. The number of hydrogen-bond donors (Lipinski definition) is 0. The van der Waals surface area contributed by atoms with Crippen molar-refractivity contribution < 1.29 is 19.0 Å². The Labute approximate surface area is 337 Å². The second-order valence-corrected chi connectivity index (χ2v) is 17.6. The van der Waals surface area contributed by atoms with Gasteiger partial charge in [0.25, 0.3) is 0 Å². The molecule has 7 rings (SSSR count). The molecule has 2 fully saturated rings. The predicted octanol–water partition coefficient (Wildman–Crippen LogP) is 8.97. The molecule has 0 N–H and O–H groups in total. The Bertz CT molecular complexity index is 1960. The van der Waals surface area contributed by atoms with E-state index in [4.69, 9.17) is 29.2 Å². The van der Waals surface area contributed by atoms with E-state index in [-0.39, 0.29) is 18.1 Å². The molecule has 56 heavy (non-hydrogen) atoms. The van der Waals surface area contributed by atoms with Crippen molar-refractivity contribution in [2.24, 2.45) is 5.92 Å². The zero-order valence-corrected chi connectivity index (χ0v) is 35.4. The van der Waals surface area contributed by atoms with Crippen LogP contribution in [0.25, 0.3) is 0 Å². The molecule has 3 atom stereocenters. The van der Waals surface area contributed by atoms with Gasteiger partial charge in [0.05, 0.1) is 25.6 Å². The number of benzene rings is 2. The number of aryl methyl sites for hydroxylation is 1. The molecule has 0 radical (unpaired) electrons. The number of aromatic nitrogens is 3. The molecule has 298 valence electrons. The van der Waals surface area contributed by atoms with Gasteiger partial charge in [-0.05, 0) is 131 Å². The zero-order valence-electron chi connectivity index (χ0n) is 34.6. The second kappa shape index (κ2) is 16.5. The van der Waals surface area contributed by atoms with E-state index in [9.17, 15) is 4.79 Å². The molecule has 0 spiro atoms. The van der Waals surface area contributed by atoms with Gasteiger partial charge in [0.15, 0.2) is 5.16 Å². The number of amides is 1. The van der Waals surface area contributed by atoms with Crippen LogP contribution in [0.4, 0.5) is 16.4 Å². The summed E-state index contributed by atoms with van der Waals surface area (Å²) in [6.07, 6.45) is 5.92. The summed E-state index contributed by atoms with van der Waals surface area (Å²) in [4.78, 5) is 35.7. The van der Waals surface area contributed by atoms with Crippen LogP contribution in [0.3, 0.4) is 0 Å². The number of carbonyl (C=O) groups excluding carboxylic acids is 1. The van der Waals surface area contributed by atoms with Gasteiger partial charge >= 0.3 is 6.09 Å². The number of carbonyl (C=O) groups is 1. The van der Waals surface area contributed by atoms with Crippen LogP contribution in [0.1, 0.15) is 98.5 Å². The van der Waals surface area contributed by atoms with Crippen LogP contribution >= 0.6 is 11.8 Å². The van der Waals surface area contributed by atoms with Crippen molar-refractivity contribution in [3.63, 3.8) is 0 Å². The topological polar surface area (TPSA) is 93.2 Å². The molecule has 1 amide bonds. The molecule has 1 aliphatic heterocycles. The molecule has 2 aromatic heterocycles. The van der Waals surface area contributed by atoms with Crippen molar-refractivity contribution in [1.29, 1.82) is 0 Å². The summed E-state index contributed by atoms with van der Waals surface area (Å²) < 4.78 is 16.7. The lowest BCUT2D eigenvalue weighted by Gasteiger charge is -2.42. The highest BCUT2D eigenvalue weighted by Gasteiger charge is 2.39. The van der Waals surface area contributed by atoms with Gasteiger partial charge in [-0.3, -0.25) is 0 Å². The van der Waals surface area contributed by atoms with Gasteiger partial charge in [-0.1, -0.05) is 43.0 Å². The summed E-state index contributed by atoms with van der Waals surface area (Å²) in [5, 5.41) is 0.791. The molecule has 1 saturated heterocycles. The van der Waals surface area contributed by atoms with Crippen LogP contribution in [0.2, 0.25) is 0 Å². The average Bonchev–Trinajstić information content (AvgIpc) is 4.02. The van der Waals surface area contributed by atoms with Gasteiger partial charge in [-0.15, -0.1) is 0 Å². The Morgan fingerprint density at radius 1 is 0.893 bits per heavy atom. The van der Waals surface area contributed by atoms with Gasteiger partial charge in [-0.25, -0.2) is 19.7 Å². The van der Waals surface area contributed by atoms with E-state index >= 15 is 0 Å². The smallest absolute Gasteiger partial charge is 0.410 e. The number of ether oxygens (including phenoxy) is 3. The number of fused-ring (bicyclic) bond motifs is 1. The van der Waals surface area contributed by atoms with Gasteiger partial charge in [0, 0.05) is 50.2 Å². The molecular formula is C45H58N6O4S. The lowest BCUT2D eigenvalue weighted by Crippen LogP contribution is -2.55. The first-order valence-electron chi connectivity index (χ1n) is 20.0. The molecular weight excluding hydrogens is 721 g/mol. The normalized spacial score (nSPS) is 19.7. The van der Waals surface area contributed by atoms with E-state index < -0.39 is 5.60 Å². The van der Waals surface area contributed by atoms with Crippen LogP contribution in [0.5, 0.6) is 11.5 Å². The number of piperazine rings is 1. The third-order valence-electron chi connectivity index (χ3n) is 11.4. The van der Waals surface area contributed by atoms with Crippen molar-refractivity contribution >= 4 is 29.5 Å². The van der Waals surface area contributed by atoms with E-state index in [0.717, 1.165) is 46.8 Å². The van der Waals surface area contributed by atoms with Crippen LogP contribution in [0, 0.1) is 12.8 Å². The molecule has 3 aliphatic rings. The molecule has 0 bridgehead atoms. The van der Waals surface area contributed by atoms with E-state index in [2.05, 4.69) is 67.2 Å². The molecule has 11 heteroatoms. The minimum absolute atomic E-state index is 0.0860. The largest absolute Gasteiger partial charge is 0.497 e. The monoisotopic (exact) mass is 778 g/mol. The van der Waals surface area contributed by atoms with E-state index in [1.807, 2.05) is 49.9 Å². The maximum Gasteiger partial charge on any atom is 0.410 e. The van der Waals surface area contributed by atoms with Crippen molar-refractivity contribution in [2.45, 2.75) is 109 Å². The Balaban J connectivity index is 1.22. The van der Waals surface area contributed by atoms with E-state index in [0.29, 0.717) is 44.6 Å². The molecule has 1 saturated carbocycles. The standard InChI is InChI=1S/C45H58N6O4S/c1-28-22-37-38(46-43(56-9)48-42(37)51-21-20-49(25-30(51)3)44(52)55-45(4,5)6)24-36(28)41-40(33-14-15-33)29(2)23-39(47-41)50(26-31-10-16-34(53-7)17-11-31)27-32-12-18-35(54-8)19-13-32/h10-13,16-19,23,28,30,33,36H,14-15,20-22,24-27H2,1-9H3/t28?,30-,36?/m0/s1. The first kappa shape index (κ1) is 39.7. The Morgan fingerprint density at radius 2 is 1.52 bits per heavy atom. The fraction of sp³-hybridized carbons (Fsp3) is 0.511. The molecule has 10 nitrogen and oxygen atoms in total. The minimum Gasteiger partial charge on any atom is -0.497 e. The summed E-state index contributed by atoms with van der Waals surface area (Å²) in [6, 6.07) is 19.1. The average molecular weight is 779 g/mol. The van der Waals surface area contributed by atoms with Gasteiger partial charge in [0.1, 0.15) is 28.7 Å². The molecule has 4 aromatic rings. The van der Waals surface area contributed by atoms with Gasteiger partial charge in [0.2, 0.25) is 0 Å². The highest BCUT2D eigenvalue weighted by Crippen LogP contribution is 2.49.